The van der Waals surface area contributed by atoms with E-state index in [9.17, 15) is 18.0 Å². The second-order valence-electron chi connectivity index (χ2n) is 10.4. The van der Waals surface area contributed by atoms with Gasteiger partial charge in [-0.3, -0.25) is 0 Å². The Bertz CT molecular complexity index is 1130. The molecule has 2 heterocycles. The normalized spacial score (nSPS) is 20.1. The van der Waals surface area contributed by atoms with Crippen molar-refractivity contribution in [1.29, 1.82) is 0 Å². The number of alkyl halides is 3. The van der Waals surface area contributed by atoms with E-state index in [1.807, 2.05) is 20.8 Å². The highest BCUT2D eigenvalue weighted by molar-refractivity contribution is 5.73. The molecule has 0 radical (unpaired) electrons. The topological polar surface area (TPSA) is 94.6 Å². The van der Waals surface area contributed by atoms with Gasteiger partial charge in [-0.25, -0.2) is 4.79 Å². The van der Waals surface area contributed by atoms with Gasteiger partial charge < -0.3 is 24.8 Å². The van der Waals surface area contributed by atoms with Crippen LogP contribution in [0, 0.1) is 0 Å². The van der Waals surface area contributed by atoms with Crippen molar-refractivity contribution >= 4 is 11.9 Å². The Labute approximate surface area is 214 Å². The molecule has 0 bridgehead atoms. The van der Waals surface area contributed by atoms with Crippen LogP contribution in [0.25, 0.3) is 11.3 Å². The van der Waals surface area contributed by atoms with E-state index in [0.717, 1.165) is 48.9 Å². The molecule has 0 unspecified atom stereocenters. The predicted molar refractivity (Wildman–Crippen MR) is 131 cm³/mol. The fourth-order valence-corrected chi connectivity index (χ4v) is 4.79. The summed E-state index contributed by atoms with van der Waals surface area (Å²) in [5, 5.41) is 15.3. The Hall–Kier alpha value is -3.08. The average molecular weight is 523 g/mol. The summed E-state index contributed by atoms with van der Waals surface area (Å²) in [5.41, 5.74) is 1.11. The number of hydrogen-bond donors (Lipinski definition) is 2. The maximum Gasteiger partial charge on any atom is 0.416 e. The second kappa shape index (κ2) is 10.7. The third kappa shape index (κ3) is 6.44. The van der Waals surface area contributed by atoms with Crippen LogP contribution in [0.5, 0.6) is 5.75 Å². The fraction of sp³-hybridized carbons (Fsp3) is 0.577. The minimum absolute atomic E-state index is 0.0616. The van der Waals surface area contributed by atoms with Gasteiger partial charge in [-0.05, 0) is 58.2 Å². The van der Waals surface area contributed by atoms with Crippen LogP contribution in [0.2, 0.25) is 0 Å². The Morgan fingerprint density at radius 2 is 1.81 bits per heavy atom. The first-order chi connectivity index (χ1) is 17.5. The lowest BCUT2D eigenvalue weighted by molar-refractivity contribution is -0.137. The van der Waals surface area contributed by atoms with E-state index in [0.29, 0.717) is 30.1 Å². The molecule has 1 aliphatic heterocycles. The van der Waals surface area contributed by atoms with Crippen LogP contribution in [-0.2, 0) is 28.7 Å². The Balaban J connectivity index is 1.63. The van der Waals surface area contributed by atoms with E-state index in [1.54, 1.807) is 0 Å². The van der Waals surface area contributed by atoms with Crippen molar-refractivity contribution in [2.24, 2.45) is 0 Å². The molecule has 1 saturated carbocycles. The summed E-state index contributed by atoms with van der Waals surface area (Å²) >= 11 is 0. The maximum absolute atomic E-state index is 13.2. The van der Waals surface area contributed by atoms with Crippen LogP contribution < -0.4 is 15.4 Å². The number of nitrogens with one attached hydrogen (secondary N) is 2. The molecular formula is C26H33F3N4O4. The van der Waals surface area contributed by atoms with Crippen LogP contribution in [0.4, 0.5) is 23.8 Å². The highest BCUT2D eigenvalue weighted by Crippen LogP contribution is 2.39. The van der Waals surface area contributed by atoms with Gasteiger partial charge in [0.05, 0.1) is 31.9 Å². The van der Waals surface area contributed by atoms with Crippen LogP contribution in [0.3, 0.4) is 0 Å². The standard InChI is InChI=1S/C26H33F3N4O4/c1-25(2,3)37-24(34)31-20-8-6-5-7-19(20)30-23-16-11-12-36-14-18(16)22(32-33-23)17-10-9-15(26(27,28)29)13-21(17)35-4/h9-10,13,19-20H,5-8,11-12,14H2,1-4H3,(H,30,33)(H,31,34)/t19-,20-/m1/s1. The zero-order chi connectivity index (χ0) is 26.8. The summed E-state index contributed by atoms with van der Waals surface area (Å²) in [6, 6.07) is 3.12. The van der Waals surface area contributed by atoms with E-state index < -0.39 is 23.4 Å². The molecule has 4 rings (SSSR count). The summed E-state index contributed by atoms with van der Waals surface area (Å²) in [5.74, 6) is 0.655. The number of carbonyl (C=O) groups is 1. The van der Waals surface area contributed by atoms with Crippen molar-refractivity contribution in [2.75, 3.05) is 19.0 Å². The first kappa shape index (κ1) is 27.0. The molecule has 2 aliphatic rings. The van der Waals surface area contributed by atoms with Crippen molar-refractivity contribution in [3.05, 3.63) is 34.9 Å². The predicted octanol–water partition coefficient (Wildman–Crippen LogP) is 5.49. The molecule has 37 heavy (non-hydrogen) atoms. The summed E-state index contributed by atoms with van der Waals surface area (Å²) < 4.78 is 56.1. The molecule has 11 heteroatoms. The van der Waals surface area contributed by atoms with Gasteiger partial charge in [0.2, 0.25) is 0 Å². The molecule has 0 saturated heterocycles. The van der Waals surface area contributed by atoms with Crippen molar-refractivity contribution < 1.29 is 32.2 Å². The van der Waals surface area contributed by atoms with E-state index in [-0.39, 0.29) is 24.4 Å². The third-order valence-electron chi connectivity index (χ3n) is 6.50. The quantitative estimate of drug-likeness (QED) is 0.536. The number of aromatic nitrogens is 2. The lowest BCUT2D eigenvalue weighted by Crippen LogP contribution is -2.50. The number of methoxy groups -OCH3 is 1. The van der Waals surface area contributed by atoms with Gasteiger partial charge in [0.15, 0.2) is 5.82 Å². The van der Waals surface area contributed by atoms with Crippen LogP contribution in [0.15, 0.2) is 18.2 Å². The van der Waals surface area contributed by atoms with Gasteiger partial charge in [0.1, 0.15) is 17.0 Å². The number of halogens is 3. The van der Waals surface area contributed by atoms with Crippen molar-refractivity contribution in [2.45, 2.75) is 83.3 Å². The average Bonchev–Trinajstić information content (AvgIpc) is 2.83. The van der Waals surface area contributed by atoms with Gasteiger partial charge in [0.25, 0.3) is 0 Å². The van der Waals surface area contributed by atoms with Crippen LogP contribution >= 0.6 is 0 Å². The van der Waals surface area contributed by atoms with E-state index >= 15 is 0 Å². The van der Waals surface area contributed by atoms with Crippen molar-refractivity contribution in [3.8, 4) is 17.0 Å². The fourth-order valence-electron chi connectivity index (χ4n) is 4.79. The first-order valence-corrected chi connectivity index (χ1v) is 12.4. The van der Waals surface area contributed by atoms with E-state index in [1.165, 1.54) is 13.2 Å². The number of alkyl carbamates (subject to hydrolysis) is 1. The maximum atomic E-state index is 13.2. The highest BCUT2D eigenvalue weighted by Gasteiger charge is 2.33. The molecular weight excluding hydrogens is 489 g/mol. The third-order valence-corrected chi connectivity index (χ3v) is 6.50. The zero-order valence-corrected chi connectivity index (χ0v) is 21.5. The number of hydrogen-bond acceptors (Lipinski definition) is 7. The van der Waals surface area contributed by atoms with Crippen molar-refractivity contribution in [1.82, 2.24) is 15.5 Å². The monoisotopic (exact) mass is 522 g/mol. The SMILES string of the molecule is COc1cc(C(F)(F)F)ccc1-c1nnc(N[C@@H]2CCCC[C@H]2NC(=O)OC(C)(C)C)c2c1COCC2. The number of amides is 1. The van der Waals surface area contributed by atoms with Crippen LogP contribution in [0.1, 0.15) is 63.1 Å². The summed E-state index contributed by atoms with van der Waals surface area (Å²) in [6.45, 7) is 6.20. The minimum Gasteiger partial charge on any atom is -0.496 e. The van der Waals surface area contributed by atoms with Gasteiger partial charge in [-0.2, -0.15) is 13.2 Å². The summed E-state index contributed by atoms with van der Waals surface area (Å²) in [4.78, 5) is 12.4. The number of fused-ring (bicyclic) bond motifs is 1. The Morgan fingerprint density at radius 1 is 1.08 bits per heavy atom. The molecule has 0 spiro atoms. The van der Waals surface area contributed by atoms with Crippen LogP contribution in [-0.4, -0.2) is 47.7 Å². The van der Waals surface area contributed by atoms with Gasteiger partial charge in [-0.1, -0.05) is 12.8 Å². The molecule has 8 nitrogen and oxygen atoms in total. The molecule has 1 aromatic heterocycles. The second-order valence-corrected chi connectivity index (χ2v) is 10.4. The molecule has 2 N–H and O–H groups in total. The largest absolute Gasteiger partial charge is 0.496 e. The molecule has 1 aromatic carbocycles. The van der Waals surface area contributed by atoms with Crippen molar-refractivity contribution in [3.63, 3.8) is 0 Å². The number of benzene rings is 1. The van der Waals surface area contributed by atoms with E-state index in [2.05, 4.69) is 20.8 Å². The first-order valence-electron chi connectivity index (χ1n) is 12.4. The molecule has 2 aromatic rings. The molecule has 1 fully saturated rings. The number of nitrogens with zero attached hydrogens (tertiary/aromatic N) is 2. The molecule has 1 aliphatic carbocycles. The summed E-state index contributed by atoms with van der Waals surface area (Å²) in [6.07, 6.45) is -0.750. The van der Waals surface area contributed by atoms with Gasteiger partial charge in [0, 0.05) is 22.7 Å². The Morgan fingerprint density at radius 3 is 2.49 bits per heavy atom. The number of rotatable bonds is 5. The molecule has 1 amide bonds. The number of carbonyl (C=O) groups excluding carboxylic acids is 1. The van der Waals surface area contributed by atoms with Gasteiger partial charge >= 0.3 is 12.3 Å². The highest BCUT2D eigenvalue weighted by atomic mass is 19.4. The molecule has 202 valence electrons. The lowest BCUT2D eigenvalue weighted by Gasteiger charge is -2.34. The van der Waals surface area contributed by atoms with E-state index in [4.69, 9.17) is 14.2 Å². The Kier molecular flexibility index (Phi) is 7.82. The van der Waals surface area contributed by atoms with Gasteiger partial charge in [-0.15, -0.1) is 10.2 Å². The lowest BCUT2D eigenvalue weighted by atomic mass is 9.90. The zero-order valence-electron chi connectivity index (χ0n) is 21.5. The minimum atomic E-state index is -4.49. The number of anilines is 1. The molecule has 2 atom stereocenters. The summed E-state index contributed by atoms with van der Waals surface area (Å²) in [7, 11) is 1.33. The number of ether oxygens (including phenoxy) is 3. The smallest absolute Gasteiger partial charge is 0.416 e.